The molecule has 0 heterocycles. The molecule has 4 rings (SSSR count). The van der Waals surface area contributed by atoms with Crippen molar-refractivity contribution in [2.24, 2.45) is 0 Å². The van der Waals surface area contributed by atoms with E-state index in [-0.39, 0.29) is 5.41 Å². The quantitative estimate of drug-likeness (QED) is 0.201. The molecule has 0 aliphatic rings. The van der Waals surface area contributed by atoms with E-state index in [2.05, 4.69) is 127 Å². The Bertz CT molecular complexity index is 1220. The topological polar surface area (TPSA) is 3.24 Å². The Kier molecular flexibility index (Phi) is 6.90. The van der Waals surface area contributed by atoms with Crippen LogP contribution < -0.4 is 10.4 Å². The number of benzene rings is 4. The summed E-state index contributed by atoms with van der Waals surface area (Å²) in [5.74, 6) is 0. The summed E-state index contributed by atoms with van der Waals surface area (Å²) in [7, 11) is 5.78. The molecule has 0 atom stereocenters. The van der Waals surface area contributed by atoms with E-state index in [9.17, 15) is 0 Å². The fraction of sp³-hybridized carbons (Fsp3) is 0.133. The van der Waals surface area contributed by atoms with E-state index in [0.717, 1.165) is 38.1 Å². The second-order valence-corrected chi connectivity index (χ2v) is 10.1. The maximum absolute atomic E-state index is 5.78. The van der Waals surface area contributed by atoms with Gasteiger partial charge in [0, 0.05) is 21.5 Å². The van der Waals surface area contributed by atoms with E-state index in [1.807, 2.05) is 24.3 Å². The molecule has 0 bridgehead atoms. The molecule has 0 spiro atoms. The van der Waals surface area contributed by atoms with Crippen LogP contribution in [0.15, 0.2) is 102 Å². The van der Waals surface area contributed by atoms with Crippen LogP contribution in [0.25, 0.3) is 12.2 Å². The maximum Gasteiger partial charge on any atom is 0.113 e. The number of nitrogens with zero attached hydrogens (tertiary/aromatic N) is 1. The summed E-state index contributed by atoms with van der Waals surface area (Å²) in [5, 5.41) is 0. The highest BCUT2D eigenvalue weighted by atomic mass is 79.9. The lowest BCUT2D eigenvalue weighted by molar-refractivity contribution is 0.590. The van der Waals surface area contributed by atoms with Crippen LogP contribution in [0.3, 0.4) is 0 Å². The molecule has 0 fully saturated rings. The van der Waals surface area contributed by atoms with Gasteiger partial charge in [0.25, 0.3) is 0 Å². The van der Waals surface area contributed by atoms with Gasteiger partial charge in [-0.05, 0) is 70.6 Å². The minimum absolute atomic E-state index is 0.124. The fourth-order valence-electron chi connectivity index (χ4n) is 3.68. The Hall–Kier alpha value is -3.04. The molecule has 0 aliphatic carbocycles. The minimum atomic E-state index is 0.124. The van der Waals surface area contributed by atoms with Gasteiger partial charge in [0.05, 0.1) is 0 Å². The van der Waals surface area contributed by atoms with Crippen molar-refractivity contribution in [1.29, 1.82) is 0 Å². The smallest absolute Gasteiger partial charge is 0.113 e. The second kappa shape index (κ2) is 9.85. The van der Waals surface area contributed by atoms with Gasteiger partial charge in [0.1, 0.15) is 7.85 Å². The number of rotatable bonds is 5. The molecule has 0 amide bonds. The van der Waals surface area contributed by atoms with Gasteiger partial charge in [-0.1, -0.05) is 103 Å². The minimum Gasteiger partial charge on any atom is -0.311 e. The van der Waals surface area contributed by atoms with Crippen molar-refractivity contribution >= 4 is 58.5 Å². The first-order chi connectivity index (χ1) is 15.8. The first kappa shape index (κ1) is 23.1. The van der Waals surface area contributed by atoms with Gasteiger partial charge in [-0.25, -0.2) is 0 Å². The molecule has 0 saturated heterocycles. The van der Waals surface area contributed by atoms with Crippen molar-refractivity contribution in [3.05, 3.63) is 118 Å². The van der Waals surface area contributed by atoms with E-state index >= 15 is 0 Å². The fourth-order valence-corrected chi connectivity index (χ4v) is 3.95. The van der Waals surface area contributed by atoms with Gasteiger partial charge < -0.3 is 4.90 Å². The van der Waals surface area contributed by atoms with Crippen LogP contribution in [0.2, 0.25) is 0 Å². The summed E-state index contributed by atoms with van der Waals surface area (Å²) in [6.07, 6.45) is 4.23. The zero-order chi connectivity index (χ0) is 23.4. The molecule has 2 radical (unpaired) electrons. The molecule has 33 heavy (non-hydrogen) atoms. The van der Waals surface area contributed by atoms with Crippen LogP contribution in [0.5, 0.6) is 0 Å². The SMILES string of the molecule is [B]c1ccc(/C=C/c2ccc(N(c3ccc(Br)cc3)c3ccc(C(C)(C)C)cc3)cc2)cc1. The molecule has 0 aromatic heterocycles. The van der Waals surface area contributed by atoms with Crippen molar-refractivity contribution in [2.45, 2.75) is 26.2 Å². The third kappa shape index (κ3) is 5.86. The number of hydrogen-bond donors (Lipinski definition) is 0. The average Bonchev–Trinajstić information content (AvgIpc) is 2.81. The number of halogens is 1. The van der Waals surface area contributed by atoms with Crippen molar-refractivity contribution in [3.63, 3.8) is 0 Å². The largest absolute Gasteiger partial charge is 0.311 e. The van der Waals surface area contributed by atoms with Gasteiger partial charge >= 0.3 is 0 Å². The zero-order valence-electron chi connectivity index (χ0n) is 19.3. The van der Waals surface area contributed by atoms with Crippen LogP contribution >= 0.6 is 15.9 Å². The maximum atomic E-state index is 5.78. The Morgan fingerprint density at radius 2 is 1.00 bits per heavy atom. The third-order valence-electron chi connectivity index (χ3n) is 5.63. The van der Waals surface area contributed by atoms with Crippen molar-refractivity contribution in [2.75, 3.05) is 4.90 Å². The summed E-state index contributed by atoms with van der Waals surface area (Å²) >= 11 is 3.56. The lowest BCUT2D eigenvalue weighted by atomic mass is 9.87. The zero-order valence-corrected chi connectivity index (χ0v) is 20.9. The van der Waals surface area contributed by atoms with Crippen LogP contribution in [0.4, 0.5) is 17.1 Å². The lowest BCUT2D eigenvalue weighted by Gasteiger charge is -2.27. The van der Waals surface area contributed by atoms with Gasteiger partial charge in [0.15, 0.2) is 0 Å². The average molecular weight is 492 g/mol. The Morgan fingerprint density at radius 3 is 1.45 bits per heavy atom. The van der Waals surface area contributed by atoms with Gasteiger partial charge in [-0.3, -0.25) is 0 Å². The third-order valence-corrected chi connectivity index (χ3v) is 6.16. The van der Waals surface area contributed by atoms with Crippen LogP contribution in [0.1, 0.15) is 37.5 Å². The van der Waals surface area contributed by atoms with E-state index in [0.29, 0.717) is 0 Å². The highest BCUT2D eigenvalue weighted by Crippen LogP contribution is 2.36. The Morgan fingerprint density at radius 1 is 0.606 bits per heavy atom. The summed E-state index contributed by atoms with van der Waals surface area (Å²) in [6, 6.07) is 33.8. The molecule has 0 unspecified atom stereocenters. The molecular weight excluding hydrogens is 465 g/mol. The highest BCUT2D eigenvalue weighted by Gasteiger charge is 2.16. The number of hydrogen-bond acceptors (Lipinski definition) is 1. The normalized spacial score (nSPS) is 11.6. The van der Waals surface area contributed by atoms with Crippen molar-refractivity contribution in [3.8, 4) is 0 Å². The monoisotopic (exact) mass is 491 g/mol. The molecular formula is C30H27BBrN. The van der Waals surface area contributed by atoms with Crippen LogP contribution in [-0.4, -0.2) is 7.85 Å². The molecule has 3 heteroatoms. The standard InChI is InChI=1S/C30H27BBrN/c1-30(2,3)24-10-18-28(19-11-24)33(29-20-14-26(32)15-21-29)27-16-8-23(9-17-27)5-4-22-6-12-25(31)13-7-22/h4-21H,1-3H3/b5-4+. The molecule has 4 aromatic carbocycles. The first-order valence-corrected chi connectivity index (χ1v) is 11.9. The summed E-state index contributed by atoms with van der Waals surface area (Å²) < 4.78 is 1.07. The highest BCUT2D eigenvalue weighted by molar-refractivity contribution is 9.10. The molecule has 4 aromatic rings. The molecule has 162 valence electrons. The molecule has 0 saturated carbocycles. The molecule has 0 aliphatic heterocycles. The Balaban J connectivity index is 1.65. The van der Waals surface area contributed by atoms with E-state index < -0.39 is 0 Å². The predicted molar refractivity (Wildman–Crippen MR) is 148 cm³/mol. The second-order valence-electron chi connectivity index (χ2n) is 9.20. The van der Waals surface area contributed by atoms with Gasteiger partial charge in [-0.2, -0.15) is 0 Å². The van der Waals surface area contributed by atoms with E-state index in [1.54, 1.807) is 0 Å². The lowest BCUT2D eigenvalue weighted by Crippen LogP contribution is -2.13. The first-order valence-electron chi connectivity index (χ1n) is 11.1. The summed E-state index contributed by atoms with van der Waals surface area (Å²) in [5.41, 5.74) is 7.87. The Labute approximate surface area is 207 Å². The van der Waals surface area contributed by atoms with Gasteiger partial charge in [-0.15, -0.1) is 0 Å². The van der Waals surface area contributed by atoms with Crippen LogP contribution in [0, 0.1) is 0 Å². The predicted octanol–water partition coefficient (Wildman–Crippen LogP) is 8.18. The van der Waals surface area contributed by atoms with E-state index in [4.69, 9.17) is 7.85 Å². The van der Waals surface area contributed by atoms with Crippen LogP contribution in [-0.2, 0) is 5.41 Å². The summed E-state index contributed by atoms with van der Waals surface area (Å²) in [4.78, 5) is 2.28. The molecule has 1 nitrogen and oxygen atoms in total. The number of anilines is 3. The van der Waals surface area contributed by atoms with Crippen molar-refractivity contribution < 1.29 is 0 Å². The molecule has 0 N–H and O–H groups in total. The van der Waals surface area contributed by atoms with Gasteiger partial charge in [0.2, 0.25) is 0 Å². The summed E-state index contributed by atoms with van der Waals surface area (Å²) in [6.45, 7) is 6.72. The van der Waals surface area contributed by atoms with Crippen molar-refractivity contribution in [1.82, 2.24) is 0 Å². The van der Waals surface area contributed by atoms with E-state index in [1.165, 1.54) is 5.56 Å².